The van der Waals surface area contributed by atoms with Gasteiger partial charge in [-0.2, -0.15) is 4.98 Å². The molecule has 0 bridgehead atoms. The molecule has 3 heterocycles. The van der Waals surface area contributed by atoms with Crippen LogP contribution in [-0.2, 0) is 5.41 Å². The minimum atomic E-state index is -0.253. The fourth-order valence-electron chi connectivity index (χ4n) is 2.29. The monoisotopic (exact) mass is 288 g/mol. The first kappa shape index (κ1) is 14.0. The second kappa shape index (κ2) is 5.11. The molecule has 6 heteroatoms. The van der Waals surface area contributed by atoms with Crippen molar-refractivity contribution in [2.45, 2.75) is 38.7 Å². The van der Waals surface area contributed by atoms with Crippen LogP contribution in [0.5, 0.6) is 0 Å². The van der Waals surface area contributed by atoms with Gasteiger partial charge >= 0.3 is 0 Å². The summed E-state index contributed by atoms with van der Waals surface area (Å²) in [5.41, 5.74) is 0.669. The molecule has 0 spiro atoms. The molecule has 1 unspecified atom stereocenters. The average molecular weight is 288 g/mol. The Bertz CT molecular complexity index is 615. The third-order valence-corrected chi connectivity index (χ3v) is 3.58. The van der Waals surface area contributed by atoms with E-state index in [1.54, 1.807) is 6.20 Å². The van der Waals surface area contributed by atoms with Crippen LogP contribution in [0, 0.1) is 0 Å². The number of pyridine rings is 1. The molecule has 2 aromatic heterocycles. The van der Waals surface area contributed by atoms with E-state index in [0.29, 0.717) is 18.3 Å². The lowest BCUT2D eigenvalue weighted by atomic mass is 9.96. The molecule has 21 heavy (non-hydrogen) atoms. The molecule has 112 valence electrons. The van der Waals surface area contributed by atoms with E-state index in [0.717, 1.165) is 24.3 Å². The van der Waals surface area contributed by atoms with E-state index in [1.807, 2.05) is 32.9 Å². The summed E-state index contributed by atoms with van der Waals surface area (Å²) in [5.74, 6) is 2.04. The summed E-state index contributed by atoms with van der Waals surface area (Å²) >= 11 is 0. The second-order valence-electron chi connectivity index (χ2n) is 6.47. The largest absolute Gasteiger partial charge is 0.391 e. The van der Waals surface area contributed by atoms with Gasteiger partial charge in [0.25, 0.3) is 5.89 Å². The summed E-state index contributed by atoms with van der Waals surface area (Å²) in [6, 6.07) is 3.85. The molecule has 1 saturated heterocycles. The molecule has 1 aliphatic heterocycles. The lowest BCUT2D eigenvalue weighted by Gasteiger charge is -2.16. The Hall–Kier alpha value is -1.95. The summed E-state index contributed by atoms with van der Waals surface area (Å²) in [7, 11) is 0. The number of aliphatic hydroxyl groups is 1. The topological polar surface area (TPSA) is 75.3 Å². The minimum Gasteiger partial charge on any atom is -0.391 e. The summed E-state index contributed by atoms with van der Waals surface area (Å²) < 4.78 is 5.30. The van der Waals surface area contributed by atoms with E-state index < -0.39 is 0 Å². The Morgan fingerprint density at radius 1 is 1.33 bits per heavy atom. The van der Waals surface area contributed by atoms with Gasteiger partial charge in [0.05, 0.1) is 11.7 Å². The molecule has 0 aromatic carbocycles. The Kier molecular flexibility index (Phi) is 3.41. The maximum Gasteiger partial charge on any atom is 0.259 e. The van der Waals surface area contributed by atoms with Crippen molar-refractivity contribution < 1.29 is 9.63 Å². The molecule has 6 nitrogen and oxygen atoms in total. The van der Waals surface area contributed by atoms with E-state index in [4.69, 9.17) is 4.52 Å². The van der Waals surface area contributed by atoms with Crippen LogP contribution >= 0.6 is 0 Å². The Morgan fingerprint density at radius 3 is 2.67 bits per heavy atom. The molecule has 1 fully saturated rings. The SMILES string of the molecule is CC(C)(C)c1noc(-c2ccc(N3CCC(O)C3)nc2)n1. The van der Waals surface area contributed by atoms with Crippen molar-refractivity contribution in [1.29, 1.82) is 0 Å². The van der Waals surface area contributed by atoms with Crippen molar-refractivity contribution >= 4 is 5.82 Å². The first-order valence-electron chi connectivity index (χ1n) is 7.17. The highest BCUT2D eigenvalue weighted by molar-refractivity contribution is 5.55. The zero-order chi connectivity index (χ0) is 15.0. The predicted octanol–water partition coefficient (Wildman–Crippen LogP) is 2.00. The molecule has 1 aliphatic rings. The van der Waals surface area contributed by atoms with Gasteiger partial charge < -0.3 is 14.5 Å². The molecule has 0 radical (unpaired) electrons. The Labute approximate surface area is 123 Å². The molecular weight excluding hydrogens is 268 g/mol. The van der Waals surface area contributed by atoms with Gasteiger partial charge in [-0.25, -0.2) is 4.98 Å². The molecule has 0 amide bonds. The van der Waals surface area contributed by atoms with Crippen molar-refractivity contribution in [2.24, 2.45) is 0 Å². The highest BCUT2D eigenvalue weighted by Crippen LogP contribution is 2.25. The molecule has 2 aromatic rings. The molecule has 3 rings (SSSR count). The van der Waals surface area contributed by atoms with Gasteiger partial charge in [-0.3, -0.25) is 0 Å². The van der Waals surface area contributed by atoms with Crippen LogP contribution in [0.1, 0.15) is 33.0 Å². The number of aliphatic hydroxyl groups excluding tert-OH is 1. The second-order valence-corrected chi connectivity index (χ2v) is 6.47. The van der Waals surface area contributed by atoms with Crippen molar-refractivity contribution in [1.82, 2.24) is 15.1 Å². The van der Waals surface area contributed by atoms with Crippen LogP contribution in [0.15, 0.2) is 22.9 Å². The van der Waals surface area contributed by atoms with E-state index in [1.165, 1.54) is 0 Å². The maximum atomic E-state index is 9.57. The Balaban J connectivity index is 1.79. The summed E-state index contributed by atoms with van der Waals surface area (Å²) in [6.45, 7) is 7.61. The smallest absolute Gasteiger partial charge is 0.259 e. The first-order chi connectivity index (χ1) is 9.93. The standard InChI is InChI=1S/C15H20N4O2/c1-15(2,3)14-17-13(21-18-14)10-4-5-12(16-8-10)19-7-6-11(20)9-19/h4-5,8,11,20H,6-7,9H2,1-3H3. The Morgan fingerprint density at radius 2 is 2.14 bits per heavy atom. The molecule has 0 aliphatic carbocycles. The van der Waals surface area contributed by atoms with E-state index >= 15 is 0 Å². The van der Waals surface area contributed by atoms with E-state index in [2.05, 4.69) is 20.0 Å². The average Bonchev–Trinajstić information content (AvgIpc) is 3.07. The summed E-state index contributed by atoms with van der Waals surface area (Å²) in [5, 5.41) is 13.6. The molecule has 0 saturated carbocycles. The number of aromatic nitrogens is 3. The first-order valence-corrected chi connectivity index (χ1v) is 7.17. The van der Waals surface area contributed by atoms with Gasteiger partial charge in [-0.1, -0.05) is 25.9 Å². The quantitative estimate of drug-likeness (QED) is 0.911. The zero-order valence-electron chi connectivity index (χ0n) is 12.6. The van der Waals surface area contributed by atoms with Gasteiger partial charge in [-0.05, 0) is 18.6 Å². The van der Waals surface area contributed by atoms with Crippen molar-refractivity contribution in [3.8, 4) is 11.5 Å². The van der Waals surface area contributed by atoms with Crippen molar-refractivity contribution in [3.05, 3.63) is 24.2 Å². The molecule has 1 N–H and O–H groups in total. The minimum absolute atomic E-state index is 0.138. The van der Waals surface area contributed by atoms with Gasteiger partial charge in [0, 0.05) is 24.7 Å². The lowest BCUT2D eigenvalue weighted by molar-refractivity contribution is 0.198. The van der Waals surface area contributed by atoms with Crippen LogP contribution in [-0.4, -0.2) is 39.4 Å². The van der Waals surface area contributed by atoms with Crippen molar-refractivity contribution in [3.63, 3.8) is 0 Å². The number of rotatable bonds is 2. The summed E-state index contributed by atoms with van der Waals surface area (Å²) in [6.07, 6.45) is 2.28. The maximum absolute atomic E-state index is 9.57. The number of nitrogens with zero attached hydrogens (tertiary/aromatic N) is 4. The zero-order valence-corrected chi connectivity index (χ0v) is 12.6. The van der Waals surface area contributed by atoms with Crippen LogP contribution < -0.4 is 4.90 Å². The van der Waals surface area contributed by atoms with Crippen LogP contribution in [0.25, 0.3) is 11.5 Å². The van der Waals surface area contributed by atoms with Gasteiger partial charge in [0.1, 0.15) is 5.82 Å². The fourth-order valence-corrected chi connectivity index (χ4v) is 2.29. The fraction of sp³-hybridized carbons (Fsp3) is 0.533. The van der Waals surface area contributed by atoms with Crippen LogP contribution in [0.4, 0.5) is 5.82 Å². The van der Waals surface area contributed by atoms with Crippen LogP contribution in [0.2, 0.25) is 0 Å². The normalized spacial score (nSPS) is 19.2. The molecule has 1 atom stereocenters. The third-order valence-electron chi connectivity index (χ3n) is 3.58. The third kappa shape index (κ3) is 2.90. The van der Waals surface area contributed by atoms with E-state index in [9.17, 15) is 5.11 Å². The molecular formula is C15H20N4O2. The highest BCUT2D eigenvalue weighted by atomic mass is 16.5. The number of β-amino-alcohol motifs (C(OH)–C–C–N with tert-alkyl or cyclic N) is 1. The highest BCUT2D eigenvalue weighted by Gasteiger charge is 2.23. The summed E-state index contributed by atoms with van der Waals surface area (Å²) in [4.78, 5) is 10.9. The van der Waals surface area contributed by atoms with Crippen LogP contribution in [0.3, 0.4) is 0 Å². The van der Waals surface area contributed by atoms with E-state index in [-0.39, 0.29) is 11.5 Å². The van der Waals surface area contributed by atoms with Gasteiger partial charge in [0.15, 0.2) is 5.82 Å². The van der Waals surface area contributed by atoms with Gasteiger partial charge in [0.2, 0.25) is 0 Å². The van der Waals surface area contributed by atoms with Gasteiger partial charge in [-0.15, -0.1) is 0 Å². The number of hydrogen-bond acceptors (Lipinski definition) is 6. The predicted molar refractivity (Wildman–Crippen MR) is 79.1 cm³/mol. The number of anilines is 1. The lowest BCUT2D eigenvalue weighted by Crippen LogP contribution is -2.21. The van der Waals surface area contributed by atoms with Crippen molar-refractivity contribution in [2.75, 3.05) is 18.0 Å². The number of hydrogen-bond donors (Lipinski definition) is 1.